The second-order valence-electron chi connectivity index (χ2n) is 6.51. The molecule has 1 aliphatic rings. The highest BCUT2D eigenvalue weighted by atomic mass is 32.1. The van der Waals surface area contributed by atoms with Crippen molar-refractivity contribution < 1.29 is 4.79 Å². The lowest BCUT2D eigenvalue weighted by molar-refractivity contribution is -0.130. The van der Waals surface area contributed by atoms with Gasteiger partial charge in [-0.15, -0.1) is 11.3 Å². The molecule has 1 amide bonds. The monoisotopic (exact) mass is 343 g/mol. The Labute approximate surface area is 148 Å². The maximum Gasteiger partial charge on any atom is 0.228 e. The molecule has 0 radical (unpaired) electrons. The Balaban J connectivity index is 1.61. The summed E-state index contributed by atoms with van der Waals surface area (Å²) in [5.41, 5.74) is 4.96. The molecule has 3 rings (SSSR count). The third-order valence-electron chi connectivity index (χ3n) is 4.86. The maximum absolute atomic E-state index is 12.6. The molecular weight excluding hydrogens is 318 g/mol. The molecule has 0 atom stereocenters. The number of hydrogen-bond acceptors (Lipinski definition) is 4. The Hall–Kier alpha value is -1.88. The Morgan fingerprint density at radius 3 is 2.46 bits per heavy atom. The van der Waals surface area contributed by atoms with E-state index in [1.54, 1.807) is 11.3 Å². The van der Waals surface area contributed by atoms with Gasteiger partial charge in [-0.2, -0.15) is 0 Å². The Kier molecular flexibility index (Phi) is 4.90. The second kappa shape index (κ2) is 6.93. The number of carbonyl (C=O) groups is 1. The number of hydrogen-bond donors (Lipinski definition) is 0. The number of rotatable bonds is 3. The first-order chi connectivity index (χ1) is 11.5. The van der Waals surface area contributed by atoms with E-state index in [9.17, 15) is 4.79 Å². The zero-order valence-corrected chi connectivity index (χ0v) is 15.7. The highest BCUT2D eigenvalue weighted by Crippen LogP contribution is 2.24. The third kappa shape index (κ3) is 3.46. The molecule has 2 aromatic rings. The van der Waals surface area contributed by atoms with Crippen molar-refractivity contribution in [1.82, 2.24) is 9.88 Å². The zero-order valence-electron chi connectivity index (χ0n) is 14.9. The first-order valence-electron chi connectivity index (χ1n) is 8.47. The highest BCUT2D eigenvalue weighted by molar-refractivity contribution is 7.11. The van der Waals surface area contributed by atoms with Gasteiger partial charge in [0.25, 0.3) is 0 Å². The van der Waals surface area contributed by atoms with Crippen molar-refractivity contribution in [2.24, 2.45) is 0 Å². The number of nitrogens with zero attached hydrogens (tertiary/aromatic N) is 3. The van der Waals surface area contributed by atoms with Crippen LogP contribution in [0.3, 0.4) is 0 Å². The number of piperazine rings is 1. The predicted molar refractivity (Wildman–Crippen MR) is 100 cm³/mol. The van der Waals surface area contributed by atoms with E-state index in [0.29, 0.717) is 6.42 Å². The fourth-order valence-corrected chi connectivity index (χ4v) is 4.19. The van der Waals surface area contributed by atoms with E-state index in [4.69, 9.17) is 0 Å². The fourth-order valence-electron chi connectivity index (χ4n) is 3.26. The summed E-state index contributed by atoms with van der Waals surface area (Å²) in [4.78, 5) is 22.5. The van der Waals surface area contributed by atoms with Crippen LogP contribution in [0.15, 0.2) is 18.2 Å². The zero-order chi connectivity index (χ0) is 17.3. The van der Waals surface area contributed by atoms with Gasteiger partial charge in [0.05, 0.1) is 17.1 Å². The Bertz CT molecular complexity index is 745. The largest absolute Gasteiger partial charge is 0.368 e. The van der Waals surface area contributed by atoms with Crippen LogP contribution in [-0.4, -0.2) is 42.0 Å². The van der Waals surface area contributed by atoms with E-state index in [1.807, 2.05) is 18.7 Å². The summed E-state index contributed by atoms with van der Waals surface area (Å²) in [7, 11) is 0. The van der Waals surface area contributed by atoms with Crippen LogP contribution >= 0.6 is 11.3 Å². The lowest BCUT2D eigenvalue weighted by Gasteiger charge is -2.37. The number of anilines is 1. The molecule has 5 heteroatoms. The fraction of sp³-hybridized carbons (Fsp3) is 0.474. The number of aromatic nitrogens is 1. The minimum Gasteiger partial charge on any atom is -0.368 e. The number of amides is 1. The first kappa shape index (κ1) is 17.0. The summed E-state index contributed by atoms with van der Waals surface area (Å²) in [5.74, 6) is 0.224. The smallest absolute Gasteiger partial charge is 0.228 e. The molecule has 4 nitrogen and oxygen atoms in total. The van der Waals surface area contributed by atoms with E-state index in [0.717, 1.165) is 41.8 Å². The van der Waals surface area contributed by atoms with Crippen molar-refractivity contribution in [2.75, 3.05) is 31.1 Å². The van der Waals surface area contributed by atoms with E-state index >= 15 is 0 Å². The molecule has 0 unspecified atom stereocenters. The second-order valence-corrected chi connectivity index (χ2v) is 7.79. The number of aryl methyl sites for hydroxylation is 3. The van der Waals surface area contributed by atoms with Crippen molar-refractivity contribution in [3.8, 4) is 0 Å². The summed E-state index contributed by atoms with van der Waals surface area (Å²) in [6.07, 6.45) is 0.487. The molecule has 0 bridgehead atoms. The summed E-state index contributed by atoms with van der Waals surface area (Å²) in [5, 5.41) is 1.04. The quantitative estimate of drug-likeness (QED) is 0.858. The average Bonchev–Trinajstić information content (AvgIpc) is 2.87. The summed E-state index contributed by atoms with van der Waals surface area (Å²) in [6.45, 7) is 11.7. The van der Waals surface area contributed by atoms with Crippen LogP contribution in [0.2, 0.25) is 0 Å². The summed E-state index contributed by atoms with van der Waals surface area (Å²) >= 11 is 1.64. The Morgan fingerprint density at radius 2 is 1.83 bits per heavy atom. The lowest BCUT2D eigenvalue weighted by atomic mass is 10.1. The van der Waals surface area contributed by atoms with Crippen LogP contribution in [0.5, 0.6) is 0 Å². The van der Waals surface area contributed by atoms with Gasteiger partial charge in [0.15, 0.2) is 0 Å². The van der Waals surface area contributed by atoms with Gasteiger partial charge in [0.2, 0.25) is 5.91 Å². The Morgan fingerprint density at radius 1 is 1.12 bits per heavy atom. The molecule has 0 spiro atoms. The van der Waals surface area contributed by atoms with E-state index < -0.39 is 0 Å². The van der Waals surface area contributed by atoms with Gasteiger partial charge in [-0.1, -0.05) is 12.1 Å². The standard InChI is InChI=1S/C19H25N3OS/c1-13-6-5-7-17(14(13)2)21-8-10-22(11-9-21)19(23)12-18-15(3)20-16(4)24-18/h5-7H,8-12H2,1-4H3. The molecule has 1 saturated heterocycles. The minimum atomic E-state index is 0.224. The molecule has 2 heterocycles. The minimum absolute atomic E-state index is 0.224. The van der Waals surface area contributed by atoms with Gasteiger partial charge in [-0.25, -0.2) is 4.98 Å². The van der Waals surface area contributed by atoms with Crippen molar-refractivity contribution >= 4 is 22.9 Å². The van der Waals surface area contributed by atoms with Crippen LogP contribution < -0.4 is 4.90 Å². The molecule has 24 heavy (non-hydrogen) atoms. The third-order valence-corrected chi connectivity index (χ3v) is 5.93. The molecule has 1 aromatic carbocycles. The van der Waals surface area contributed by atoms with Gasteiger partial charge in [-0.3, -0.25) is 4.79 Å². The van der Waals surface area contributed by atoms with Gasteiger partial charge in [-0.05, 0) is 44.9 Å². The number of thiazole rings is 1. The van der Waals surface area contributed by atoms with Crippen LogP contribution in [-0.2, 0) is 11.2 Å². The average molecular weight is 343 g/mol. The van der Waals surface area contributed by atoms with Crippen LogP contribution in [0, 0.1) is 27.7 Å². The van der Waals surface area contributed by atoms with Crippen molar-refractivity contribution in [2.45, 2.75) is 34.1 Å². The molecule has 0 saturated carbocycles. The van der Waals surface area contributed by atoms with E-state index in [-0.39, 0.29) is 5.91 Å². The predicted octanol–water partition coefficient (Wildman–Crippen LogP) is 3.27. The topological polar surface area (TPSA) is 36.4 Å². The van der Waals surface area contributed by atoms with Crippen molar-refractivity contribution in [1.29, 1.82) is 0 Å². The molecule has 0 aliphatic carbocycles. The van der Waals surface area contributed by atoms with Crippen LogP contribution in [0.4, 0.5) is 5.69 Å². The molecule has 128 valence electrons. The van der Waals surface area contributed by atoms with Crippen molar-refractivity contribution in [3.05, 3.63) is 44.9 Å². The summed E-state index contributed by atoms with van der Waals surface area (Å²) < 4.78 is 0. The lowest BCUT2D eigenvalue weighted by Crippen LogP contribution is -2.49. The maximum atomic E-state index is 12.6. The van der Waals surface area contributed by atoms with Gasteiger partial charge in [0.1, 0.15) is 0 Å². The van der Waals surface area contributed by atoms with Gasteiger partial charge >= 0.3 is 0 Å². The normalized spacial score (nSPS) is 15.0. The molecular formula is C19H25N3OS. The van der Waals surface area contributed by atoms with Crippen LogP contribution in [0.25, 0.3) is 0 Å². The van der Waals surface area contributed by atoms with E-state index in [1.165, 1.54) is 16.8 Å². The number of carbonyl (C=O) groups excluding carboxylic acids is 1. The van der Waals surface area contributed by atoms with Crippen molar-refractivity contribution in [3.63, 3.8) is 0 Å². The van der Waals surface area contributed by atoms with E-state index in [2.05, 4.69) is 41.9 Å². The highest BCUT2D eigenvalue weighted by Gasteiger charge is 2.23. The summed E-state index contributed by atoms with van der Waals surface area (Å²) in [6, 6.07) is 6.45. The van der Waals surface area contributed by atoms with Crippen LogP contribution in [0.1, 0.15) is 26.7 Å². The molecule has 1 aliphatic heterocycles. The first-order valence-corrected chi connectivity index (χ1v) is 9.29. The van der Waals surface area contributed by atoms with Gasteiger partial charge < -0.3 is 9.80 Å². The molecule has 1 fully saturated rings. The SMILES string of the molecule is Cc1nc(C)c(CC(=O)N2CCN(c3cccc(C)c3C)CC2)s1. The molecule has 0 N–H and O–H groups in total. The van der Waals surface area contributed by atoms with Gasteiger partial charge in [0, 0.05) is 36.7 Å². The molecule has 1 aromatic heterocycles. The number of benzene rings is 1.